The molecular formula is C17H26N4. The molecule has 0 spiro atoms. The molecule has 1 aliphatic heterocycles. The highest BCUT2D eigenvalue weighted by molar-refractivity contribution is 5.75. The van der Waals surface area contributed by atoms with Gasteiger partial charge in [-0.2, -0.15) is 0 Å². The number of para-hydroxylation sites is 2. The number of nitrogens with one attached hydrogen (secondary N) is 1. The molecular weight excluding hydrogens is 260 g/mol. The van der Waals surface area contributed by atoms with Crippen LogP contribution in [-0.4, -0.2) is 26.6 Å². The molecule has 1 fully saturated rings. The first-order valence-electron chi connectivity index (χ1n) is 8.16. The largest absolute Gasteiger partial charge is 0.327 e. The summed E-state index contributed by atoms with van der Waals surface area (Å²) in [6, 6.07) is 9.60. The number of piperidine rings is 1. The van der Waals surface area contributed by atoms with Gasteiger partial charge in [-0.1, -0.05) is 18.6 Å². The molecule has 1 aromatic carbocycles. The van der Waals surface area contributed by atoms with Gasteiger partial charge in [-0.25, -0.2) is 15.4 Å². The molecule has 0 aliphatic carbocycles. The Labute approximate surface area is 127 Å². The van der Waals surface area contributed by atoms with Crippen molar-refractivity contribution in [1.29, 1.82) is 0 Å². The molecule has 114 valence electrons. The number of nitrogens with zero attached hydrogens (tertiary/aromatic N) is 3. The number of hydrogen-bond acceptors (Lipinski definition) is 3. The maximum absolute atomic E-state index is 4.79. The van der Waals surface area contributed by atoms with E-state index < -0.39 is 0 Å². The number of aryl methyl sites for hydroxylation is 1. The van der Waals surface area contributed by atoms with Crippen LogP contribution >= 0.6 is 0 Å². The van der Waals surface area contributed by atoms with E-state index in [1.54, 1.807) is 0 Å². The number of fused-ring (bicyclic) bond motifs is 1. The van der Waals surface area contributed by atoms with E-state index in [1.807, 2.05) is 0 Å². The van der Waals surface area contributed by atoms with Crippen LogP contribution < -0.4 is 5.43 Å². The molecule has 2 aromatic rings. The summed E-state index contributed by atoms with van der Waals surface area (Å²) >= 11 is 0. The van der Waals surface area contributed by atoms with Crippen molar-refractivity contribution in [3.05, 3.63) is 30.1 Å². The van der Waals surface area contributed by atoms with Crippen molar-refractivity contribution in [2.45, 2.75) is 65.2 Å². The average molecular weight is 286 g/mol. The smallest absolute Gasteiger partial charge is 0.125 e. The SMILES string of the molecule is CCn1c(CNN2C(C)CCCC2C)nc2ccccc21. The van der Waals surface area contributed by atoms with Crippen molar-refractivity contribution < 1.29 is 0 Å². The van der Waals surface area contributed by atoms with Crippen LogP contribution in [-0.2, 0) is 13.1 Å². The number of aromatic nitrogens is 2. The lowest BCUT2D eigenvalue weighted by atomic mass is 10.00. The minimum absolute atomic E-state index is 0.605. The molecule has 0 radical (unpaired) electrons. The lowest BCUT2D eigenvalue weighted by Gasteiger charge is -2.39. The number of hydrazine groups is 1. The normalized spacial score (nSPS) is 23.8. The lowest BCUT2D eigenvalue weighted by molar-refractivity contribution is 0.0423. The summed E-state index contributed by atoms with van der Waals surface area (Å²) in [7, 11) is 0. The molecule has 21 heavy (non-hydrogen) atoms. The molecule has 1 aliphatic rings. The fraction of sp³-hybridized carbons (Fsp3) is 0.588. The molecule has 1 aromatic heterocycles. The van der Waals surface area contributed by atoms with Gasteiger partial charge in [0.2, 0.25) is 0 Å². The second kappa shape index (κ2) is 6.16. The first kappa shape index (κ1) is 14.5. The third-order valence-electron chi connectivity index (χ3n) is 4.66. The second-order valence-electron chi connectivity index (χ2n) is 6.13. The number of benzene rings is 1. The fourth-order valence-corrected chi connectivity index (χ4v) is 3.51. The van der Waals surface area contributed by atoms with Crippen LogP contribution in [0.2, 0.25) is 0 Å². The maximum atomic E-state index is 4.79. The third-order valence-corrected chi connectivity index (χ3v) is 4.66. The van der Waals surface area contributed by atoms with Crippen LogP contribution in [0.1, 0.15) is 45.9 Å². The maximum Gasteiger partial charge on any atom is 0.125 e. The lowest BCUT2D eigenvalue weighted by Crippen LogP contribution is -2.51. The quantitative estimate of drug-likeness (QED) is 0.936. The number of imidazole rings is 1. The Morgan fingerprint density at radius 1 is 1.19 bits per heavy atom. The first-order chi connectivity index (χ1) is 10.2. The van der Waals surface area contributed by atoms with Gasteiger partial charge in [0, 0.05) is 18.6 Å². The predicted molar refractivity (Wildman–Crippen MR) is 86.9 cm³/mol. The molecule has 0 amide bonds. The summed E-state index contributed by atoms with van der Waals surface area (Å²) in [5, 5.41) is 2.42. The topological polar surface area (TPSA) is 33.1 Å². The summed E-state index contributed by atoms with van der Waals surface area (Å²) in [4.78, 5) is 4.79. The highest BCUT2D eigenvalue weighted by Gasteiger charge is 2.24. The van der Waals surface area contributed by atoms with Crippen LogP contribution in [0.4, 0.5) is 0 Å². The first-order valence-corrected chi connectivity index (χ1v) is 8.16. The minimum Gasteiger partial charge on any atom is -0.327 e. The minimum atomic E-state index is 0.605. The van der Waals surface area contributed by atoms with Crippen molar-refractivity contribution >= 4 is 11.0 Å². The van der Waals surface area contributed by atoms with E-state index in [2.05, 4.69) is 60.0 Å². The highest BCUT2D eigenvalue weighted by atomic mass is 15.5. The molecule has 2 unspecified atom stereocenters. The van der Waals surface area contributed by atoms with Crippen LogP contribution in [0.25, 0.3) is 11.0 Å². The highest BCUT2D eigenvalue weighted by Crippen LogP contribution is 2.21. The van der Waals surface area contributed by atoms with Crippen molar-refractivity contribution in [2.75, 3.05) is 0 Å². The van der Waals surface area contributed by atoms with Gasteiger partial charge >= 0.3 is 0 Å². The Morgan fingerprint density at radius 3 is 2.62 bits per heavy atom. The van der Waals surface area contributed by atoms with Gasteiger partial charge in [0.15, 0.2) is 0 Å². The van der Waals surface area contributed by atoms with Crippen LogP contribution in [0.15, 0.2) is 24.3 Å². The van der Waals surface area contributed by atoms with Crippen LogP contribution in [0, 0.1) is 0 Å². The zero-order valence-corrected chi connectivity index (χ0v) is 13.3. The van der Waals surface area contributed by atoms with E-state index in [-0.39, 0.29) is 0 Å². The van der Waals surface area contributed by atoms with Gasteiger partial charge in [-0.15, -0.1) is 0 Å². The summed E-state index contributed by atoms with van der Waals surface area (Å²) in [5.74, 6) is 1.13. The van der Waals surface area contributed by atoms with E-state index in [4.69, 9.17) is 4.98 Å². The summed E-state index contributed by atoms with van der Waals surface area (Å²) < 4.78 is 2.31. The average Bonchev–Trinajstić information content (AvgIpc) is 2.84. The molecule has 1 saturated heterocycles. The van der Waals surface area contributed by atoms with E-state index in [0.717, 1.165) is 24.4 Å². The van der Waals surface area contributed by atoms with E-state index in [0.29, 0.717) is 12.1 Å². The van der Waals surface area contributed by atoms with Crippen molar-refractivity contribution in [3.63, 3.8) is 0 Å². The Bertz CT molecular complexity index is 594. The van der Waals surface area contributed by atoms with E-state index >= 15 is 0 Å². The van der Waals surface area contributed by atoms with Crippen molar-refractivity contribution in [1.82, 2.24) is 20.0 Å². The Hall–Kier alpha value is -1.39. The van der Waals surface area contributed by atoms with Gasteiger partial charge in [0.1, 0.15) is 5.82 Å². The monoisotopic (exact) mass is 286 g/mol. The van der Waals surface area contributed by atoms with Crippen molar-refractivity contribution in [3.8, 4) is 0 Å². The molecule has 1 N–H and O–H groups in total. The van der Waals surface area contributed by atoms with Gasteiger partial charge in [0.25, 0.3) is 0 Å². The van der Waals surface area contributed by atoms with Gasteiger partial charge in [-0.3, -0.25) is 0 Å². The summed E-state index contributed by atoms with van der Waals surface area (Å²) in [6.07, 6.45) is 3.90. The molecule has 2 atom stereocenters. The van der Waals surface area contributed by atoms with E-state index in [1.165, 1.54) is 24.8 Å². The molecule has 0 bridgehead atoms. The van der Waals surface area contributed by atoms with Gasteiger partial charge in [-0.05, 0) is 45.7 Å². The van der Waals surface area contributed by atoms with Gasteiger partial charge < -0.3 is 4.57 Å². The second-order valence-corrected chi connectivity index (χ2v) is 6.13. The zero-order valence-electron chi connectivity index (χ0n) is 13.3. The molecule has 0 saturated carbocycles. The summed E-state index contributed by atoms with van der Waals surface area (Å²) in [5.41, 5.74) is 5.95. The number of hydrogen-bond donors (Lipinski definition) is 1. The molecule has 2 heterocycles. The van der Waals surface area contributed by atoms with E-state index in [9.17, 15) is 0 Å². The number of rotatable bonds is 4. The van der Waals surface area contributed by atoms with Crippen LogP contribution in [0.5, 0.6) is 0 Å². The Kier molecular flexibility index (Phi) is 4.27. The fourth-order valence-electron chi connectivity index (χ4n) is 3.51. The van der Waals surface area contributed by atoms with Gasteiger partial charge in [0.05, 0.1) is 17.6 Å². The predicted octanol–water partition coefficient (Wildman–Crippen LogP) is 3.32. The van der Waals surface area contributed by atoms with Crippen molar-refractivity contribution in [2.24, 2.45) is 0 Å². The third kappa shape index (κ3) is 2.83. The Balaban J connectivity index is 1.78. The van der Waals surface area contributed by atoms with Crippen LogP contribution in [0.3, 0.4) is 0 Å². The zero-order chi connectivity index (χ0) is 14.8. The summed E-state index contributed by atoms with van der Waals surface area (Å²) in [6.45, 7) is 8.57. The standard InChI is InChI=1S/C17H26N4/c1-4-20-16-11-6-5-10-15(16)19-17(20)12-18-21-13(2)8-7-9-14(21)3/h5-6,10-11,13-14,18H,4,7-9,12H2,1-3H3. The molecule has 3 rings (SSSR count). The molecule has 4 heteroatoms. The Morgan fingerprint density at radius 2 is 1.90 bits per heavy atom. The molecule has 4 nitrogen and oxygen atoms in total.